The van der Waals surface area contributed by atoms with E-state index in [1.807, 2.05) is 6.07 Å². The van der Waals surface area contributed by atoms with E-state index in [-0.39, 0.29) is 5.41 Å². The van der Waals surface area contributed by atoms with Gasteiger partial charge in [-0.3, -0.25) is 0 Å². The van der Waals surface area contributed by atoms with Gasteiger partial charge >= 0.3 is 0 Å². The Morgan fingerprint density at radius 3 is 1.63 bits per heavy atom. The number of hydrogen-bond acceptors (Lipinski definition) is 2. The SMILES string of the molecule is CC1(C)c2cc(N(c3cccc(-c4ccccc4)c3)c3ccccc3-c3ccccc3)ccc2-c2c(-c3ccc(-c4cccc5c4oc4ccccc45)cc3)ccc(-c3ccccc3)c21. The summed E-state index contributed by atoms with van der Waals surface area (Å²) in [7, 11) is 0. The molecule has 0 saturated heterocycles. The van der Waals surface area contributed by atoms with Gasteiger partial charge in [0.05, 0.1) is 5.69 Å². The van der Waals surface area contributed by atoms with Gasteiger partial charge in [-0.25, -0.2) is 0 Å². The molecule has 0 N–H and O–H groups in total. The zero-order valence-electron chi connectivity index (χ0n) is 36.4. The summed E-state index contributed by atoms with van der Waals surface area (Å²) in [6, 6.07) is 85.8. The summed E-state index contributed by atoms with van der Waals surface area (Å²) >= 11 is 0. The van der Waals surface area contributed by atoms with Crippen molar-refractivity contribution in [1.82, 2.24) is 0 Å². The monoisotopic (exact) mass is 831 g/mol. The Labute approximate surface area is 380 Å². The Kier molecular flexibility index (Phi) is 9.21. The van der Waals surface area contributed by atoms with Gasteiger partial charge in [0.15, 0.2) is 0 Å². The lowest BCUT2D eigenvalue weighted by Crippen LogP contribution is -2.18. The van der Waals surface area contributed by atoms with Crippen molar-refractivity contribution in [3.63, 3.8) is 0 Å². The summed E-state index contributed by atoms with van der Waals surface area (Å²) < 4.78 is 6.46. The molecule has 308 valence electrons. The fourth-order valence-electron chi connectivity index (χ4n) is 10.4. The van der Waals surface area contributed by atoms with Gasteiger partial charge in [0.1, 0.15) is 11.2 Å². The Bertz CT molecular complexity index is 3550. The highest BCUT2D eigenvalue weighted by Crippen LogP contribution is 2.57. The normalized spacial score (nSPS) is 12.6. The molecule has 0 amide bonds. The summed E-state index contributed by atoms with van der Waals surface area (Å²) in [6.45, 7) is 4.82. The van der Waals surface area contributed by atoms with Crippen LogP contribution in [-0.4, -0.2) is 0 Å². The average Bonchev–Trinajstić information content (AvgIpc) is 3.87. The molecule has 0 bridgehead atoms. The molecule has 0 spiro atoms. The third kappa shape index (κ3) is 6.49. The van der Waals surface area contributed by atoms with E-state index < -0.39 is 0 Å². The molecule has 1 aliphatic rings. The lowest BCUT2D eigenvalue weighted by molar-refractivity contribution is 0.662. The molecule has 1 aliphatic carbocycles. The van der Waals surface area contributed by atoms with Gasteiger partial charge in [0.25, 0.3) is 0 Å². The highest BCUT2D eigenvalue weighted by atomic mass is 16.3. The zero-order chi connectivity index (χ0) is 43.5. The third-order valence-corrected chi connectivity index (χ3v) is 13.5. The van der Waals surface area contributed by atoms with E-state index in [1.54, 1.807) is 0 Å². The molecule has 65 heavy (non-hydrogen) atoms. The largest absolute Gasteiger partial charge is 0.455 e. The number of hydrogen-bond donors (Lipinski definition) is 0. The van der Waals surface area contributed by atoms with Crippen molar-refractivity contribution in [2.24, 2.45) is 0 Å². The molecule has 0 saturated carbocycles. The fraction of sp³-hybridized carbons (Fsp3) is 0.0476. The van der Waals surface area contributed by atoms with Crippen molar-refractivity contribution < 1.29 is 4.42 Å². The van der Waals surface area contributed by atoms with Crippen molar-refractivity contribution in [1.29, 1.82) is 0 Å². The van der Waals surface area contributed by atoms with Gasteiger partial charge in [0.2, 0.25) is 0 Å². The number of nitrogens with zero attached hydrogens (tertiary/aromatic N) is 1. The zero-order valence-corrected chi connectivity index (χ0v) is 36.4. The predicted molar refractivity (Wildman–Crippen MR) is 273 cm³/mol. The van der Waals surface area contributed by atoms with Crippen LogP contribution >= 0.6 is 0 Å². The first-order valence-corrected chi connectivity index (χ1v) is 22.5. The average molecular weight is 832 g/mol. The second-order valence-electron chi connectivity index (χ2n) is 17.6. The lowest BCUT2D eigenvalue weighted by Gasteiger charge is -2.30. The number of rotatable bonds is 8. The van der Waals surface area contributed by atoms with Gasteiger partial charge in [-0.2, -0.15) is 0 Å². The standard InChI is InChI=1S/C63H45NO/c1-63(2)57-41-49(64(48-25-16-24-47(40-48)42-18-6-3-7-19-42)58-30-14-12-26-50(58)43-20-8-4-9-21-43)36-37-56(57)60-51(38-39-52(61(60)63)44-22-10-5-11-23-44)45-32-34-46(35-33-45)53-28-17-29-55-54-27-13-15-31-59(54)65-62(53)55/h3-41H,1-2H3. The van der Waals surface area contributed by atoms with Crippen molar-refractivity contribution in [2.75, 3.05) is 4.90 Å². The lowest BCUT2D eigenvalue weighted by atomic mass is 9.77. The first kappa shape index (κ1) is 38.5. The quantitative estimate of drug-likeness (QED) is 0.152. The smallest absolute Gasteiger partial charge is 0.143 e. The van der Waals surface area contributed by atoms with E-state index in [1.165, 1.54) is 66.8 Å². The number of para-hydroxylation sites is 3. The molecule has 0 atom stereocenters. The second-order valence-corrected chi connectivity index (χ2v) is 17.6. The maximum atomic E-state index is 6.46. The first-order valence-electron chi connectivity index (χ1n) is 22.5. The summed E-state index contributed by atoms with van der Waals surface area (Å²) in [5.41, 5.74) is 22.0. The molecule has 2 heteroatoms. The van der Waals surface area contributed by atoms with Crippen LogP contribution in [0.5, 0.6) is 0 Å². The van der Waals surface area contributed by atoms with E-state index in [0.29, 0.717) is 0 Å². The van der Waals surface area contributed by atoms with E-state index in [0.717, 1.165) is 50.1 Å². The van der Waals surface area contributed by atoms with Crippen LogP contribution in [0.25, 0.3) is 88.7 Å². The Balaban J connectivity index is 1.03. The third-order valence-electron chi connectivity index (χ3n) is 13.5. The minimum Gasteiger partial charge on any atom is -0.455 e. The molecule has 1 aromatic heterocycles. The summed E-state index contributed by atoms with van der Waals surface area (Å²) in [5, 5.41) is 2.28. The molecule has 0 fully saturated rings. The highest BCUT2D eigenvalue weighted by Gasteiger charge is 2.40. The Morgan fingerprint density at radius 1 is 0.354 bits per heavy atom. The molecule has 1 heterocycles. The summed E-state index contributed by atoms with van der Waals surface area (Å²) in [6.07, 6.45) is 0. The first-order chi connectivity index (χ1) is 32.0. The fourth-order valence-corrected chi connectivity index (χ4v) is 10.4. The van der Waals surface area contributed by atoms with Crippen molar-refractivity contribution in [2.45, 2.75) is 19.3 Å². The number of benzene rings is 10. The van der Waals surface area contributed by atoms with Crippen LogP contribution in [0, 0.1) is 0 Å². The van der Waals surface area contributed by atoms with Gasteiger partial charge in [-0.1, -0.05) is 214 Å². The van der Waals surface area contributed by atoms with E-state index in [4.69, 9.17) is 4.42 Å². The highest BCUT2D eigenvalue weighted by molar-refractivity contribution is 6.09. The molecular weight excluding hydrogens is 787 g/mol. The topological polar surface area (TPSA) is 16.4 Å². The minimum absolute atomic E-state index is 0.324. The Hall–Kier alpha value is -8.20. The molecular formula is C63H45NO. The van der Waals surface area contributed by atoms with Crippen LogP contribution in [0.1, 0.15) is 25.0 Å². The molecule has 0 unspecified atom stereocenters. The van der Waals surface area contributed by atoms with Crippen LogP contribution in [-0.2, 0) is 5.41 Å². The number of anilines is 3. The predicted octanol–water partition coefficient (Wildman–Crippen LogP) is 17.7. The molecule has 0 radical (unpaired) electrons. The second kappa shape index (κ2) is 15.6. The molecule has 11 aromatic rings. The number of fused-ring (bicyclic) bond motifs is 6. The van der Waals surface area contributed by atoms with Crippen molar-refractivity contribution in [3.8, 4) is 66.8 Å². The summed E-state index contributed by atoms with van der Waals surface area (Å²) in [4.78, 5) is 2.45. The van der Waals surface area contributed by atoms with Crippen LogP contribution in [0.15, 0.2) is 241 Å². The van der Waals surface area contributed by atoms with E-state index in [9.17, 15) is 0 Å². The van der Waals surface area contributed by atoms with Crippen molar-refractivity contribution >= 4 is 39.0 Å². The van der Waals surface area contributed by atoms with Gasteiger partial charge in [-0.15, -0.1) is 0 Å². The van der Waals surface area contributed by atoms with Crippen LogP contribution in [0.4, 0.5) is 17.1 Å². The van der Waals surface area contributed by atoms with Crippen LogP contribution < -0.4 is 4.90 Å². The van der Waals surface area contributed by atoms with Gasteiger partial charge in [0, 0.05) is 38.7 Å². The molecule has 2 nitrogen and oxygen atoms in total. The van der Waals surface area contributed by atoms with E-state index in [2.05, 4.69) is 249 Å². The summed E-state index contributed by atoms with van der Waals surface area (Å²) in [5.74, 6) is 0. The van der Waals surface area contributed by atoms with Crippen LogP contribution in [0.3, 0.4) is 0 Å². The maximum Gasteiger partial charge on any atom is 0.143 e. The molecule has 0 aliphatic heterocycles. The minimum atomic E-state index is -0.324. The van der Waals surface area contributed by atoms with Gasteiger partial charge < -0.3 is 9.32 Å². The van der Waals surface area contributed by atoms with Gasteiger partial charge in [-0.05, 0) is 103 Å². The maximum absolute atomic E-state index is 6.46. The Morgan fingerprint density at radius 2 is 0.877 bits per heavy atom. The molecule has 12 rings (SSSR count). The number of furan rings is 1. The van der Waals surface area contributed by atoms with Crippen molar-refractivity contribution in [3.05, 3.63) is 248 Å². The molecule has 10 aromatic carbocycles. The van der Waals surface area contributed by atoms with E-state index >= 15 is 0 Å². The van der Waals surface area contributed by atoms with Crippen LogP contribution in [0.2, 0.25) is 0 Å².